The average molecular weight is 234 g/mol. The van der Waals surface area contributed by atoms with Crippen LogP contribution in [-0.2, 0) is 7.05 Å². The summed E-state index contributed by atoms with van der Waals surface area (Å²) in [5.74, 6) is -0.906. The summed E-state index contributed by atoms with van der Waals surface area (Å²) in [4.78, 5) is 15.6. The van der Waals surface area contributed by atoms with Gasteiger partial charge in [-0.05, 0) is 18.2 Å². The van der Waals surface area contributed by atoms with E-state index < -0.39 is 11.7 Å². The Balaban J connectivity index is 2.18. The zero-order valence-corrected chi connectivity index (χ0v) is 9.14. The van der Waals surface area contributed by atoms with Crippen LogP contribution >= 0.6 is 0 Å². The Labute approximate surface area is 97.1 Å². The largest absolute Gasteiger partial charge is 0.399 e. The van der Waals surface area contributed by atoms with Crippen LogP contribution < -0.4 is 11.1 Å². The van der Waals surface area contributed by atoms with Gasteiger partial charge in [0, 0.05) is 24.6 Å². The van der Waals surface area contributed by atoms with Gasteiger partial charge in [0.05, 0.1) is 6.33 Å². The van der Waals surface area contributed by atoms with Crippen LogP contribution in [0.1, 0.15) is 10.5 Å². The molecule has 1 aromatic heterocycles. The predicted molar refractivity (Wildman–Crippen MR) is 62.0 cm³/mol. The summed E-state index contributed by atoms with van der Waals surface area (Å²) in [5, 5.41) is 2.52. The van der Waals surface area contributed by atoms with Gasteiger partial charge in [-0.2, -0.15) is 0 Å². The van der Waals surface area contributed by atoms with Crippen molar-refractivity contribution in [3.8, 4) is 0 Å². The molecule has 17 heavy (non-hydrogen) atoms. The molecule has 0 aliphatic carbocycles. The fraction of sp³-hybridized carbons (Fsp3) is 0.0909. The molecule has 88 valence electrons. The number of amides is 1. The summed E-state index contributed by atoms with van der Waals surface area (Å²) in [7, 11) is 1.75. The van der Waals surface area contributed by atoms with Gasteiger partial charge in [-0.25, -0.2) is 9.37 Å². The van der Waals surface area contributed by atoms with Crippen LogP contribution in [0.15, 0.2) is 30.7 Å². The van der Waals surface area contributed by atoms with Crippen LogP contribution in [0.4, 0.5) is 15.8 Å². The fourth-order valence-corrected chi connectivity index (χ4v) is 1.41. The summed E-state index contributed by atoms with van der Waals surface area (Å²) >= 11 is 0. The standard InChI is InChI=1S/C11H11FN4O/c1-16-5-10(14-6-16)11(17)15-9-3-7(12)2-8(13)4-9/h2-6H,13H2,1H3,(H,15,17). The minimum Gasteiger partial charge on any atom is -0.399 e. The van der Waals surface area contributed by atoms with Crippen LogP contribution in [0, 0.1) is 5.82 Å². The number of aryl methyl sites for hydroxylation is 1. The normalized spacial score (nSPS) is 10.2. The molecule has 0 saturated carbocycles. The molecule has 2 rings (SSSR count). The lowest BCUT2D eigenvalue weighted by atomic mass is 10.2. The number of hydrogen-bond acceptors (Lipinski definition) is 3. The van der Waals surface area contributed by atoms with Crippen molar-refractivity contribution in [1.82, 2.24) is 9.55 Å². The van der Waals surface area contributed by atoms with Crippen LogP contribution in [0.3, 0.4) is 0 Å². The molecule has 1 aromatic carbocycles. The van der Waals surface area contributed by atoms with E-state index in [2.05, 4.69) is 10.3 Å². The van der Waals surface area contributed by atoms with Gasteiger partial charge < -0.3 is 15.6 Å². The molecule has 0 unspecified atom stereocenters. The van der Waals surface area contributed by atoms with E-state index in [1.54, 1.807) is 17.8 Å². The van der Waals surface area contributed by atoms with E-state index in [0.717, 1.165) is 0 Å². The van der Waals surface area contributed by atoms with Gasteiger partial charge in [0.15, 0.2) is 0 Å². The Morgan fingerprint density at radius 3 is 2.82 bits per heavy atom. The highest BCUT2D eigenvalue weighted by atomic mass is 19.1. The van der Waals surface area contributed by atoms with Gasteiger partial charge in [-0.1, -0.05) is 0 Å². The second-order valence-corrected chi connectivity index (χ2v) is 3.65. The first-order chi connectivity index (χ1) is 8.04. The number of halogens is 1. The van der Waals surface area contributed by atoms with Gasteiger partial charge >= 0.3 is 0 Å². The predicted octanol–water partition coefficient (Wildman–Crippen LogP) is 1.39. The molecule has 2 aromatic rings. The van der Waals surface area contributed by atoms with Crippen LogP contribution in [-0.4, -0.2) is 15.5 Å². The van der Waals surface area contributed by atoms with Crippen LogP contribution in [0.25, 0.3) is 0 Å². The highest BCUT2D eigenvalue weighted by Crippen LogP contribution is 2.16. The number of nitrogen functional groups attached to an aromatic ring is 1. The van der Waals surface area contributed by atoms with Gasteiger partial charge in [-0.15, -0.1) is 0 Å². The second-order valence-electron chi connectivity index (χ2n) is 3.65. The minimum absolute atomic E-state index is 0.251. The Bertz CT molecular complexity index is 544. The number of benzene rings is 1. The fourth-order valence-electron chi connectivity index (χ4n) is 1.41. The third kappa shape index (κ3) is 2.60. The van der Waals surface area contributed by atoms with Crippen LogP contribution in [0.5, 0.6) is 0 Å². The average Bonchev–Trinajstić information content (AvgIpc) is 2.63. The smallest absolute Gasteiger partial charge is 0.275 e. The van der Waals surface area contributed by atoms with Crippen molar-refractivity contribution in [1.29, 1.82) is 0 Å². The zero-order valence-electron chi connectivity index (χ0n) is 9.14. The van der Waals surface area contributed by atoms with E-state index in [1.165, 1.54) is 24.5 Å². The summed E-state index contributed by atoms with van der Waals surface area (Å²) in [5.41, 5.74) is 6.28. The monoisotopic (exact) mass is 234 g/mol. The van der Waals surface area contributed by atoms with E-state index in [0.29, 0.717) is 5.69 Å². The number of aromatic nitrogens is 2. The summed E-state index contributed by atoms with van der Waals surface area (Å²) in [6.07, 6.45) is 3.08. The first kappa shape index (κ1) is 11.1. The van der Waals surface area contributed by atoms with E-state index in [-0.39, 0.29) is 11.4 Å². The van der Waals surface area contributed by atoms with E-state index in [4.69, 9.17) is 5.73 Å². The lowest BCUT2D eigenvalue weighted by Crippen LogP contribution is -2.12. The zero-order chi connectivity index (χ0) is 12.4. The first-order valence-corrected chi connectivity index (χ1v) is 4.90. The third-order valence-corrected chi connectivity index (χ3v) is 2.12. The van der Waals surface area contributed by atoms with Crippen LogP contribution in [0.2, 0.25) is 0 Å². The second kappa shape index (κ2) is 4.25. The molecular formula is C11H11FN4O. The molecule has 6 heteroatoms. The minimum atomic E-state index is -0.499. The number of anilines is 2. The van der Waals surface area contributed by atoms with Crippen molar-refractivity contribution in [3.05, 3.63) is 42.2 Å². The number of carbonyl (C=O) groups is 1. The quantitative estimate of drug-likeness (QED) is 0.771. The molecule has 3 N–H and O–H groups in total. The molecule has 0 atom stereocenters. The number of nitrogens with two attached hydrogens (primary N) is 1. The number of carbonyl (C=O) groups excluding carboxylic acids is 1. The SMILES string of the molecule is Cn1cnc(C(=O)Nc2cc(N)cc(F)c2)c1. The summed E-state index contributed by atoms with van der Waals surface area (Å²) in [6, 6.07) is 3.84. The molecular weight excluding hydrogens is 223 g/mol. The van der Waals surface area contributed by atoms with Crippen molar-refractivity contribution >= 4 is 17.3 Å². The van der Waals surface area contributed by atoms with E-state index in [9.17, 15) is 9.18 Å². The number of rotatable bonds is 2. The number of imidazole rings is 1. The molecule has 1 amide bonds. The lowest BCUT2D eigenvalue weighted by Gasteiger charge is -2.04. The highest BCUT2D eigenvalue weighted by molar-refractivity contribution is 6.02. The lowest BCUT2D eigenvalue weighted by molar-refractivity contribution is 0.102. The van der Waals surface area contributed by atoms with Crippen molar-refractivity contribution < 1.29 is 9.18 Å². The Kier molecular flexibility index (Phi) is 2.78. The third-order valence-electron chi connectivity index (χ3n) is 2.12. The molecule has 0 spiro atoms. The molecule has 1 heterocycles. The van der Waals surface area contributed by atoms with E-state index in [1.807, 2.05) is 0 Å². The number of nitrogens with one attached hydrogen (secondary N) is 1. The van der Waals surface area contributed by atoms with Crippen molar-refractivity contribution in [2.45, 2.75) is 0 Å². The Morgan fingerprint density at radius 2 is 2.24 bits per heavy atom. The maximum atomic E-state index is 13.0. The van der Waals surface area contributed by atoms with Gasteiger partial charge in [0.2, 0.25) is 0 Å². The highest BCUT2D eigenvalue weighted by Gasteiger charge is 2.09. The molecule has 5 nitrogen and oxygen atoms in total. The Hall–Kier alpha value is -2.37. The molecule has 0 bridgehead atoms. The van der Waals surface area contributed by atoms with Gasteiger partial charge in [0.25, 0.3) is 5.91 Å². The maximum Gasteiger partial charge on any atom is 0.275 e. The molecule has 0 aliphatic heterocycles. The van der Waals surface area contributed by atoms with Gasteiger partial charge in [0.1, 0.15) is 11.5 Å². The summed E-state index contributed by atoms with van der Waals surface area (Å²) < 4.78 is 14.7. The Morgan fingerprint density at radius 1 is 1.47 bits per heavy atom. The molecule has 0 saturated heterocycles. The number of nitrogens with zero attached hydrogens (tertiary/aromatic N) is 2. The van der Waals surface area contributed by atoms with Crippen molar-refractivity contribution in [2.75, 3.05) is 11.1 Å². The topological polar surface area (TPSA) is 72.9 Å². The number of hydrogen-bond donors (Lipinski definition) is 2. The van der Waals surface area contributed by atoms with E-state index >= 15 is 0 Å². The molecule has 0 aliphatic rings. The first-order valence-electron chi connectivity index (χ1n) is 4.90. The molecule has 0 radical (unpaired) electrons. The molecule has 0 fully saturated rings. The summed E-state index contributed by atoms with van der Waals surface area (Å²) in [6.45, 7) is 0. The van der Waals surface area contributed by atoms with Crippen molar-refractivity contribution in [3.63, 3.8) is 0 Å². The maximum absolute atomic E-state index is 13.0. The van der Waals surface area contributed by atoms with Crippen molar-refractivity contribution in [2.24, 2.45) is 7.05 Å². The van der Waals surface area contributed by atoms with Gasteiger partial charge in [-0.3, -0.25) is 4.79 Å².